The van der Waals surface area contributed by atoms with Crippen LogP contribution in [0.4, 0.5) is 11.4 Å². The number of nitrogens with one attached hydrogen (secondary N) is 1. The van der Waals surface area contributed by atoms with Gasteiger partial charge in [0.2, 0.25) is 0 Å². The number of nitrogens with zero attached hydrogens (tertiary/aromatic N) is 1. The van der Waals surface area contributed by atoms with Gasteiger partial charge in [-0.05, 0) is 55.2 Å². The van der Waals surface area contributed by atoms with Crippen LogP contribution in [0.1, 0.15) is 35.5 Å². The molecule has 10 nitrogen and oxygen atoms in total. The van der Waals surface area contributed by atoms with Crippen molar-refractivity contribution >= 4 is 45.5 Å². The number of hydrogen-bond acceptors (Lipinski definition) is 7. The van der Waals surface area contributed by atoms with Gasteiger partial charge in [-0.1, -0.05) is 38.1 Å². The summed E-state index contributed by atoms with van der Waals surface area (Å²) in [6, 6.07) is 14.2. The van der Waals surface area contributed by atoms with Crippen molar-refractivity contribution in [1.29, 1.82) is 0 Å². The molecule has 0 aliphatic carbocycles. The van der Waals surface area contributed by atoms with Crippen LogP contribution in [0, 0.1) is 19.8 Å². The quantitative estimate of drug-likeness (QED) is 0.228. The average molecular weight is 580 g/mol. The fourth-order valence-corrected chi connectivity index (χ4v) is 5.62. The molecule has 0 radical (unpaired) electrons. The first-order chi connectivity index (χ1) is 19.5. The summed E-state index contributed by atoms with van der Waals surface area (Å²) in [5.74, 6) is -0.779. The summed E-state index contributed by atoms with van der Waals surface area (Å²) in [5.41, 5.74) is 4.31. The first-order valence-corrected chi connectivity index (χ1v) is 13.8. The van der Waals surface area contributed by atoms with Gasteiger partial charge >= 0.3 is 5.97 Å². The average Bonchev–Trinajstić information content (AvgIpc) is 3.29. The second-order valence-corrected chi connectivity index (χ2v) is 10.6. The van der Waals surface area contributed by atoms with E-state index in [-0.39, 0.29) is 11.4 Å². The van der Waals surface area contributed by atoms with E-state index < -0.39 is 35.1 Å². The highest BCUT2D eigenvalue weighted by Crippen LogP contribution is 2.40. The van der Waals surface area contributed by atoms with E-state index in [1.807, 2.05) is 19.1 Å². The van der Waals surface area contributed by atoms with Crippen molar-refractivity contribution in [3.8, 4) is 22.6 Å². The van der Waals surface area contributed by atoms with Gasteiger partial charge in [0.15, 0.2) is 5.76 Å². The summed E-state index contributed by atoms with van der Waals surface area (Å²) in [6.07, 6.45) is 0. The van der Waals surface area contributed by atoms with Crippen LogP contribution in [-0.2, 0) is 16.1 Å². The molecule has 0 fully saturated rings. The number of carboxylic acids is 1. The minimum Gasteiger partial charge on any atom is -0.755 e. The van der Waals surface area contributed by atoms with Crippen molar-refractivity contribution in [2.24, 2.45) is 5.92 Å². The largest absolute Gasteiger partial charge is 0.755 e. The van der Waals surface area contributed by atoms with Gasteiger partial charge in [0.25, 0.3) is 5.91 Å². The lowest BCUT2D eigenvalue weighted by atomic mass is 10.0. The van der Waals surface area contributed by atoms with Crippen LogP contribution in [0.5, 0.6) is 11.5 Å². The van der Waals surface area contributed by atoms with Crippen LogP contribution in [0.15, 0.2) is 59.0 Å². The summed E-state index contributed by atoms with van der Waals surface area (Å²) in [5, 5.41) is 13.1. The standard InChI is InChI=1S/C30H32N2O8S/c1-16(2)26(30(34)35)32(41(36)37)22-13-9-20(10-14-22)19-7-11-21(12-8-19)31-29(33)28-18(4)25-24(39-6)15-23(38-5)17(3)27(25)40-28/h7-16,26H,1-6H3,(H,31,33)(H,34,35)(H,36,37)/p-1. The van der Waals surface area contributed by atoms with E-state index in [0.717, 1.165) is 21.0 Å². The van der Waals surface area contributed by atoms with E-state index >= 15 is 0 Å². The van der Waals surface area contributed by atoms with Gasteiger partial charge in [-0.2, -0.15) is 0 Å². The molecular weight excluding hydrogens is 548 g/mol. The number of ether oxygens (including phenoxy) is 2. The lowest BCUT2D eigenvalue weighted by Crippen LogP contribution is -2.45. The minimum atomic E-state index is -2.77. The molecule has 2 unspecified atom stereocenters. The van der Waals surface area contributed by atoms with Crippen LogP contribution in [0.3, 0.4) is 0 Å². The van der Waals surface area contributed by atoms with Crippen LogP contribution in [0.2, 0.25) is 0 Å². The molecule has 0 aliphatic rings. The van der Waals surface area contributed by atoms with Gasteiger partial charge in [-0.3, -0.25) is 13.3 Å². The Hall–Kier alpha value is -4.35. The number of anilines is 2. The molecule has 4 aromatic rings. The fraction of sp³-hybridized carbons (Fsp3) is 0.267. The summed E-state index contributed by atoms with van der Waals surface area (Å²) < 4.78 is 41.5. The number of benzene rings is 3. The van der Waals surface area contributed by atoms with Crippen LogP contribution < -0.4 is 19.1 Å². The van der Waals surface area contributed by atoms with E-state index in [2.05, 4.69) is 5.32 Å². The number of fused-ring (bicyclic) bond motifs is 1. The molecule has 216 valence electrons. The molecule has 41 heavy (non-hydrogen) atoms. The van der Waals surface area contributed by atoms with Crippen molar-refractivity contribution < 1.29 is 37.3 Å². The second kappa shape index (κ2) is 12.0. The number of carbonyl (C=O) groups excluding carboxylic acids is 1. The predicted octanol–water partition coefficient (Wildman–Crippen LogP) is 5.70. The number of aliphatic carboxylic acids is 1. The van der Waals surface area contributed by atoms with Crippen molar-refractivity contribution in [1.82, 2.24) is 0 Å². The highest BCUT2D eigenvalue weighted by atomic mass is 32.2. The van der Waals surface area contributed by atoms with Crippen molar-refractivity contribution in [3.63, 3.8) is 0 Å². The van der Waals surface area contributed by atoms with Crippen LogP contribution >= 0.6 is 0 Å². The van der Waals surface area contributed by atoms with Crippen molar-refractivity contribution in [2.45, 2.75) is 33.7 Å². The van der Waals surface area contributed by atoms with Gasteiger partial charge < -0.3 is 28.9 Å². The molecule has 3 aromatic carbocycles. The third kappa shape index (κ3) is 5.77. The zero-order chi connectivity index (χ0) is 30.0. The molecule has 2 N–H and O–H groups in total. The molecular formula is C30H31N2O8S-. The topological polar surface area (TPSA) is 141 Å². The smallest absolute Gasteiger partial charge is 0.327 e. The van der Waals surface area contributed by atoms with Crippen LogP contribution in [-0.4, -0.2) is 46.0 Å². The molecule has 11 heteroatoms. The fourth-order valence-electron chi connectivity index (χ4n) is 4.81. The highest BCUT2D eigenvalue weighted by Gasteiger charge is 2.30. The number of rotatable bonds is 10. The molecule has 4 rings (SSSR count). The molecule has 1 amide bonds. The minimum absolute atomic E-state index is 0.163. The predicted molar refractivity (Wildman–Crippen MR) is 156 cm³/mol. The normalized spacial score (nSPS) is 12.7. The molecule has 0 spiro atoms. The Morgan fingerprint density at radius 3 is 2.00 bits per heavy atom. The van der Waals surface area contributed by atoms with Gasteiger partial charge in [0, 0.05) is 39.8 Å². The van der Waals surface area contributed by atoms with Crippen molar-refractivity contribution in [3.05, 3.63) is 71.5 Å². The van der Waals surface area contributed by atoms with E-state index in [1.165, 1.54) is 0 Å². The highest BCUT2D eigenvalue weighted by molar-refractivity contribution is 7.80. The molecule has 1 heterocycles. The van der Waals surface area contributed by atoms with Gasteiger partial charge in [0.1, 0.15) is 23.1 Å². The molecule has 0 bridgehead atoms. The van der Waals surface area contributed by atoms with Gasteiger partial charge in [-0.15, -0.1) is 0 Å². The Labute approximate surface area is 240 Å². The summed E-state index contributed by atoms with van der Waals surface area (Å²) in [7, 11) is 3.10. The Balaban J connectivity index is 1.55. The molecule has 0 aliphatic heterocycles. The maximum Gasteiger partial charge on any atom is 0.327 e. The number of hydrogen-bond donors (Lipinski definition) is 2. The molecule has 0 saturated heterocycles. The van der Waals surface area contributed by atoms with E-state index in [9.17, 15) is 23.5 Å². The Morgan fingerprint density at radius 2 is 1.51 bits per heavy atom. The van der Waals surface area contributed by atoms with Gasteiger partial charge in [0.05, 0.1) is 19.6 Å². The molecule has 0 saturated carbocycles. The maximum atomic E-state index is 13.2. The lowest BCUT2D eigenvalue weighted by molar-refractivity contribution is -0.139. The van der Waals surface area contributed by atoms with Crippen LogP contribution in [0.25, 0.3) is 22.1 Å². The number of carbonyl (C=O) groups is 2. The van der Waals surface area contributed by atoms with Gasteiger partial charge in [-0.25, -0.2) is 4.79 Å². The summed E-state index contributed by atoms with van der Waals surface area (Å²) >= 11 is -2.77. The number of amides is 1. The Morgan fingerprint density at radius 1 is 0.951 bits per heavy atom. The SMILES string of the molecule is COc1cc(OC)c2c(C)c(C(=O)Nc3ccc(-c4ccc(N(C(C(=O)O)C(C)C)S(=O)[O-])cc4)cc3)oc2c1C. The monoisotopic (exact) mass is 579 g/mol. The second-order valence-electron chi connectivity index (χ2n) is 9.81. The first-order valence-electron chi connectivity index (χ1n) is 12.8. The summed E-state index contributed by atoms with van der Waals surface area (Å²) in [4.78, 5) is 24.9. The molecule has 1 aromatic heterocycles. The first kappa shape index (κ1) is 29.6. The lowest BCUT2D eigenvalue weighted by Gasteiger charge is -2.34. The van der Waals surface area contributed by atoms with E-state index in [4.69, 9.17) is 13.9 Å². The zero-order valence-corrected chi connectivity index (χ0v) is 24.3. The van der Waals surface area contributed by atoms with E-state index in [0.29, 0.717) is 33.7 Å². The number of aryl methyl sites for hydroxylation is 2. The van der Waals surface area contributed by atoms with Crippen molar-refractivity contribution in [2.75, 3.05) is 23.8 Å². The summed E-state index contributed by atoms with van der Waals surface area (Å²) in [6.45, 7) is 6.95. The maximum absolute atomic E-state index is 13.2. The zero-order valence-electron chi connectivity index (χ0n) is 23.5. The molecule has 2 atom stereocenters. The third-order valence-electron chi connectivity index (χ3n) is 6.91. The Bertz CT molecular complexity index is 1610. The Kier molecular flexibility index (Phi) is 8.69. The van der Waals surface area contributed by atoms with E-state index in [1.54, 1.807) is 77.5 Å². The third-order valence-corrected chi connectivity index (χ3v) is 7.67. The number of methoxy groups -OCH3 is 2. The number of furan rings is 1. The number of carboxylic acid groups (broad SMARTS) is 1.